The van der Waals surface area contributed by atoms with E-state index in [1.807, 2.05) is 32.9 Å². The van der Waals surface area contributed by atoms with Crippen molar-refractivity contribution in [3.63, 3.8) is 0 Å². The second-order valence-electron chi connectivity index (χ2n) is 7.05. The van der Waals surface area contributed by atoms with Crippen LogP contribution in [0.5, 0.6) is 0 Å². The maximum absolute atomic E-state index is 13.3. The summed E-state index contributed by atoms with van der Waals surface area (Å²) in [5, 5.41) is 0.523. The lowest BCUT2D eigenvalue weighted by Crippen LogP contribution is -2.49. The zero-order valence-electron chi connectivity index (χ0n) is 16.2. The van der Waals surface area contributed by atoms with Gasteiger partial charge in [0.15, 0.2) is 0 Å². The average Bonchev–Trinajstić information content (AvgIpc) is 2.97. The highest BCUT2D eigenvalue weighted by Crippen LogP contribution is 2.29. The number of rotatable bonds is 5. The van der Waals surface area contributed by atoms with E-state index in [9.17, 15) is 14.4 Å². The summed E-state index contributed by atoms with van der Waals surface area (Å²) in [4.78, 5) is 41.9. The minimum absolute atomic E-state index is 0.0244. The van der Waals surface area contributed by atoms with Crippen molar-refractivity contribution in [2.24, 2.45) is 0 Å². The van der Waals surface area contributed by atoms with E-state index in [4.69, 9.17) is 11.6 Å². The summed E-state index contributed by atoms with van der Waals surface area (Å²) >= 11 is 5.91. The predicted molar refractivity (Wildman–Crippen MR) is 109 cm³/mol. The molecule has 2 unspecified atom stereocenters. The number of aryl methyl sites for hydroxylation is 1. The zero-order chi connectivity index (χ0) is 20.4. The smallest absolute Gasteiger partial charge is 0.257 e. The Morgan fingerprint density at radius 1 is 1.18 bits per heavy atom. The highest BCUT2D eigenvalue weighted by molar-refractivity contribution is 6.31. The average molecular weight is 399 g/mol. The molecule has 146 valence electrons. The molecular formula is C22H23ClN2O3. The van der Waals surface area contributed by atoms with Gasteiger partial charge in [-0.1, -0.05) is 36.7 Å². The lowest BCUT2D eigenvalue weighted by atomic mass is 10.0. The van der Waals surface area contributed by atoms with Crippen molar-refractivity contribution in [2.45, 2.75) is 45.7 Å². The van der Waals surface area contributed by atoms with Crippen molar-refractivity contribution >= 4 is 35.0 Å². The van der Waals surface area contributed by atoms with E-state index in [0.29, 0.717) is 22.7 Å². The largest absolute Gasteiger partial charge is 0.323 e. The molecule has 0 aromatic heterocycles. The van der Waals surface area contributed by atoms with Crippen LogP contribution in [0.1, 0.15) is 42.6 Å². The Hall–Kier alpha value is -2.66. The molecule has 5 nitrogen and oxygen atoms in total. The van der Waals surface area contributed by atoms with Crippen molar-refractivity contribution in [1.82, 2.24) is 4.90 Å². The minimum Gasteiger partial charge on any atom is -0.323 e. The standard InChI is InChI=1S/C22H23ClN2O3/c1-4-15(3)24(21(27)18-8-6-5-7-14(18)2)19-13-20(26)25(22(19)28)17-11-9-16(23)10-12-17/h5-12,15,19H,4,13H2,1-3H3. The third kappa shape index (κ3) is 3.67. The molecule has 2 aromatic rings. The van der Waals surface area contributed by atoms with E-state index in [2.05, 4.69) is 0 Å². The summed E-state index contributed by atoms with van der Waals surface area (Å²) in [6.45, 7) is 5.73. The molecule has 0 aliphatic carbocycles. The fourth-order valence-corrected chi connectivity index (χ4v) is 3.62. The van der Waals surface area contributed by atoms with Gasteiger partial charge in [-0.05, 0) is 56.2 Å². The molecule has 1 aliphatic heterocycles. The molecule has 0 N–H and O–H groups in total. The summed E-state index contributed by atoms with van der Waals surface area (Å²) < 4.78 is 0. The van der Waals surface area contributed by atoms with Crippen molar-refractivity contribution in [1.29, 1.82) is 0 Å². The maximum Gasteiger partial charge on any atom is 0.257 e. The molecule has 0 bridgehead atoms. The number of nitrogens with zero attached hydrogens (tertiary/aromatic N) is 2. The van der Waals surface area contributed by atoms with Gasteiger partial charge >= 0.3 is 0 Å². The SMILES string of the molecule is CCC(C)N(C(=O)c1ccccc1C)C1CC(=O)N(c2ccc(Cl)cc2)C1=O. The number of carbonyl (C=O) groups is 3. The second kappa shape index (κ2) is 8.15. The molecule has 2 aromatic carbocycles. The van der Waals surface area contributed by atoms with Crippen LogP contribution in [0, 0.1) is 6.92 Å². The summed E-state index contributed by atoms with van der Waals surface area (Å²) in [6, 6.07) is 12.8. The number of hydrogen-bond donors (Lipinski definition) is 0. The molecule has 28 heavy (non-hydrogen) atoms. The molecule has 2 atom stereocenters. The fraction of sp³-hybridized carbons (Fsp3) is 0.318. The van der Waals surface area contributed by atoms with E-state index in [-0.39, 0.29) is 30.2 Å². The molecule has 1 saturated heterocycles. The lowest BCUT2D eigenvalue weighted by molar-refractivity contribution is -0.122. The second-order valence-corrected chi connectivity index (χ2v) is 7.48. The third-order valence-corrected chi connectivity index (χ3v) is 5.47. The predicted octanol–water partition coefficient (Wildman–Crippen LogP) is 4.22. The molecule has 3 rings (SSSR count). The Morgan fingerprint density at radius 3 is 2.43 bits per heavy atom. The van der Waals surface area contributed by atoms with Crippen molar-refractivity contribution in [3.8, 4) is 0 Å². The van der Waals surface area contributed by atoms with Gasteiger partial charge in [0, 0.05) is 16.6 Å². The number of hydrogen-bond acceptors (Lipinski definition) is 3. The third-order valence-electron chi connectivity index (χ3n) is 5.22. The zero-order valence-corrected chi connectivity index (χ0v) is 16.9. The van der Waals surface area contributed by atoms with Crippen molar-refractivity contribution in [2.75, 3.05) is 4.90 Å². The number of imide groups is 1. The van der Waals surface area contributed by atoms with Gasteiger partial charge in [-0.25, -0.2) is 4.90 Å². The van der Waals surface area contributed by atoms with E-state index in [1.54, 1.807) is 41.3 Å². The van der Waals surface area contributed by atoms with Gasteiger partial charge in [0.2, 0.25) is 5.91 Å². The quantitative estimate of drug-likeness (QED) is 0.708. The van der Waals surface area contributed by atoms with Gasteiger partial charge in [0.1, 0.15) is 6.04 Å². The number of benzene rings is 2. The van der Waals surface area contributed by atoms with Crippen molar-refractivity contribution in [3.05, 3.63) is 64.7 Å². The van der Waals surface area contributed by atoms with Crippen LogP contribution >= 0.6 is 11.6 Å². The van der Waals surface area contributed by atoms with E-state index < -0.39 is 6.04 Å². The molecule has 0 saturated carbocycles. The van der Waals surface area contributed by atoms with Crippen LogP contribution in [0.15, 0.2) is 48.5 Å². The Balaban J connectivity index is 1.96. The number of halogens is 1. The van der Waals surface area contributed by atoms with E-state index >= 15 is 0 Å². The van der Waals surface area contributed by atoms with Gasteiger partial charge in [-0.15, -0.1) is 0 Å². The van der Waals surface area contributed by atoms with Crippen LogP contribution in [-0.4, -0.2) is 34.7 Å². The van der Waals surface area contributed by atoms with Gasteiger partial charge in [-0.3, -0.25) is 14.4 Å². The summed E-state index contributed by atoms with van der Waals surface area (Å²) in [6.07, 6.45) is 0.653. The summed E-state index contributed by atoms with van der Waals surface area (Å²) in [5.41, 5.74) is 1.86. The Kier molecular flexibility index (Phi) is 5.84. The van der Waals surface area contributed by atoms with Gasteiger partial charge in [0.25, 0.3) is 11.8 Å². The molecule has 6 heteroatoms. The normalized spacial score (nSPS) is 17.7. The van der Waals surface area contributed by atoms with Gasteiger partial charge in [0.05, 0.1) is 12.1 Å². The van der Waals surface area contributed by atoms with Crippen LogP contribution < -0.4 is 4.90 Å². The Morgan fingerprint density at radius 2 is 1.82 bits per heavy atom. The van der Waals surface area contributed by atoms with E-state index in [0.717, 1.165) is 10.5 Å². The molecule has 1 heterocycles. The molecular weight excluding hydrogens is 376 g/mol. The Bertz CT molecular complexity index is 910. The first kappa shape index (κ1) is 20.1. The monoisotopic (exact) mass is 398 g/mol. The molecule has 0 radical (unpaired) electrons. The summed E-state index contributed by atoms with van der Waals surface area (Å²) in [7, 11) is 0. The summed E-state index contributed by atoms with van der Waals surface area (Å²) in [5.74, 6) is -0.922. The molecule has 3 amide bonds. The number of amides is 3. The highest BCUT2D eigenvalue weighted by atomic mass is 35.5. The molecule has 1 fully saturated rings. The maximum atomic E-state index is 13.3. The molecule has 0 spiro atoms. The molecule has 1 aliphatic rings. The van der Waals surface area contributed by atoms with Crippen LogP contribution in [0.3, 0.4) is 0 Å². The van der Waals surface area contributed by atoms with Crippen LogP contribution in [0.2, 0.25) is 5.02 Å². The fourth-order valence-electron chi connectivity index (χ4n) is 3.49. The first-order valence-electron chi connectivity index (χ1n) is 9.35. The minimum atomic E-state index is -0.815. The number of anilines is 1. The van der Waals surface area contributed by atoms with Gasteiger partial charge in [-0.2, -0.15) is 0 Å². The lowest BCUT2D eigenvalue weighted by Gasteiger charge is -2.33. The first-order chi connectivity index (χ1) is 13.3. The van der Waals surface area contributed by atoms with E-state index in [1.165, 1.54) is 0 Å². The van der Waals surface area contributed by atoms with Crippen molar-refractivity contribution < 1.29 is 14.4 Å². The first-order valence-corrected chi connectivity index (χ1v) is 9.73. The van der Waals surface area contributed by atoms with Gasteiger partial charge < -0.3 is 4.90 Å². The van der Waals surface area contributed by atoms with Crippen LogP contribution in [0.4, 0.5) is 5.69 Å². The van der Waals surface area contributed by atoms with Crippen LogP contribution in [0.25, 0.3) is 0 Å². The highest BCUT2D eigenvalue weighted by Gasteiger charge is 2.45. The van der Waals surface area contributed by atoms with Crippen LogP contribution in [-0.2, 0) is 9.59 Å². The number of carbonyl (C=O) groups excluding carboxylic acids is 3. The topological polar surface area (TPSA) is 57.7 Å². The Labute approximate surface area is 169 Å².